The fourth-order valence-electron chi connectivity index (χ4n) is 2.38. The van der Waals surface area contributed by atoms with Gasteiger partial charge in [-0.1, -0.05) is 19.1 Å². The quantitative estimate of drug-likeness (QED) is 0.809. The van der Waals surface area contributed by atoms with E-state index in [1.807, 2.05) is 37.3 Å². The molecule has 2 aromatic rings. The molecule has 0 saturated heterocycles. The minimum absolute atomic E-state index is 0.0695. The lowest BCUT2D eigenvalue weighted by atomic mass is 10.1. The zero-order chi connectivity index (χ0) is 17.2. The van der Waals surface area contributed by atoms with E-state index < -0.39 is 0 Å². The number of amides is 2. The Bertz CT molecular complexity index is 607. The molecule has 2 heterocycles. The highest BCUT2D eigenvalue weighted by molar-refractivity contribution is 5.74. The van der Waals surface area contributed by atoms with Gasteiger partial charge in [-0.2, -0.15) is 0 Å². The maximum Gasteiger partial charge on any atom is 0.318 e. The number of aromatic nitrogens is 2. The lowest BCUT2D eigenvalue weighted by Gasteiger charge is -2.26. The number of nitrogens with one attached hydrogen (secondary N) is 1. The number of carbonyl (C=O) groups excluding carboxylic acids is 1. The van der Waals surface area contributed by atoms with E-state index >= 15 is 0 Å². The predicted molar refractivity (Wildman–Crippen MR) is 92.3 cm³/mol. The van der Waals surface area contributed by atoms with Crippen LogP contribution in [0.3, 0.4) is 0 Å². The average Bonchev–Trinajstić information content (AvgIpc) is 2.64. The van der Waals surface area contributed by atoms with Crippen molar-refractivity contribution < 1.29 is 9.53 Å². The number of hydrogen-bond donors (Lipinski definition) is 1. The summed E-state index contributed by atoms with van der Waals surface area (Å²) in [7, 11) is 1.63. The summed E-state index contributed by atoms with van der Waals surface area (Å²) in [5.74, 6) is 0. The minimum atomic E-state index is -0.131. The van der Waals surface area contributed by atoms with Gasteiger partial charge in [-0.3, -0.25) is 9.97 Å². The van der Waals surface area contributed by atoms with Gasteiger partial charge in [-0.05, 0) is 30.2 Å². The van der Waals surface area contributed by atoms with Crippen LogP contribution in [0.25, 0.3) is 0 Å². The standard InChI is InChI=1S/C18H24N4O2/c1-3-17(15-7-6-9-19-13-15)21-18(23)22(11-12-24-2)14-16-8-4-5-10-20-16/h4-10,13,17H,3,11-12,14H2,1-2H3,(H,21,23)/t17-/m1/s1. The first-order valence-electron chi connectivity index (χ1n) is 8.08. The van der Waals surface area contributed by atoms with Gasteiger partial charge >= 0.3 is 6.03 Å². The van der Waals surface area contributed by atoms with Gasteiger partial charge in [0, 0.05) is 32.2 Å². The van der Waals surface area contributed by atoms with Crippen molar-refractivity contribution in [3.05, 3.63) is 60.2 Å². The molecule has 6 heteroatoms. The lowest BCUT2D eigenvalue weighted by molar-refractivity contribution is 0.144. The van der Waals surface area contributed by atoms with Crippen molar-refractivity contribution in [2.75, 3.05) is 20.3 Å². The molecule has 0 aliphatic heterocycles. The van der Waals surface area contributed by atoms with E-state index in [1.54, 1.807) is 30.6 Å². The highest BCUT2D eigenvalue weighted by Crippen LogP contribution is 2.15. The lowest BCUT2D eigenvalue weighted by Crippen LogP contribution is -2.42. The monoisotopic (exact) mass is 328 g/mol. The smallest absolute Gasteiger partial charge is 0.318 e. The molecular formula is C18H24N4O2. The summed E-state index contributed by atoms with van der Waals surface area (Å²) >= 11 is 0. The fourth-order valence-corrected chi connectivity index (χ4v) is 2.38. The summed E-state index contributed by atoms with van der Waals surface area (Å²) in [6.07, 6.45) is 6.03. The van der Waals surface area contributed by atoms with Crippen LogP contribution in [0.4, 0.5) is 4.79 Å². The molecule has 6 nitrogen and oxygen atoms in total. The van der Waals surface area contributed by atoms with Crippen LogP contribution in [0, 0.1) is 0 Å². The Morgan fingerprint density at radius 3 is 2.79 bits per heavy atom. The van der Waals surface area contributed by atoms with Gasteiger partial charge in [-0.15, -0.1) is 0 Å². The molecule has 0 radical (unpaired) electrons. The maximum absolute atomic E-state index is 12.7. The van der Waals surface area contributed by atoms with Crippen molar-refractivity contribution in [1.82, 2.24) is 20.2 Å². The van der Waals surface area contributed by atoms with Crippen LogP contribution in [-0.2, 0) is 11.3 Å². The van der Waals surface area contributed by atoms with Gasteiger partial charge in [-0.25, -0.2) is 4.79 Å². The van der Waals surface area contributed by atoms with Crippen molar-refractivity contribution in [3.8, 4) is 0 Å². The van der Waals surface area contributed by atoms with Crippen molar-refractivity contribution in [3.63, 3.8) is 0 Å². The molecule has 0 aliphatic carbocycles. The highest BCUT2D eigenvalue weighted by Gasteiger charge is 2.19. The van der Waals surface area contributed by atoms with E-state index in [1.165, 1.54) is 0 Å². The Morgan fingerprint density at radius 2 is 2.17 bits per heavy atom. The second kappa shape index (κ2) is 9.62. The third kappa shape index (κ3) is 5.31. The first-order valence-corrected chi connectivity index (χ1v) is 8.08. The van der Waals surface area contributed by atoms with Crippen LogP contribution in [0.2, 0.25) is 0 Å². The molecule has 0 unspecified atom stereocenters. The Labute approximate surface area is 142 Å². The summed E-state index contributed by atoms with van der Waals surface area (Å²) in [5, 5.41) is 3.08. The fraction of sp³-hybridized carbons (Fsp3) is 0.389. The molecule has 0 bridgehead atoms. The van der Waals surface area contributed by atoms with E-state index in [-0.39, 0.29) is 12.1 Å². The largest absolute Gasteiger partial charge is 0.383 e. The summed E-state index contributed by atoms with van der Waals surface area (Å²) < 4.78 is 5.12. The van der Waals surface area contributed by atoms with Crippen molar-refractivity contribution in [2.24, 2.45) is 0 Å². The third-order valence-corrected chi connectivity index (χ3v) is 3.72. The number of nitrogens with zero attached hydrogens (tertiary/aromatic N) is 3. The molecule has 1 atom stereocenters. The number of rotatable bonds is 8. The van der Waals surface area contributed by atoms with Crippen LogP contribution in [-0.4, -0.2) is 41.2 Å². The number of carbonyl (C=O) groups is 1. The van der Waals surface area contributed by atoms with Crippen LogP contribution in [0.1, 0.15) is 30.6 Å². The second-order valence-electron chi connectivity index (χ2n) is 5.43. The van der Waals surface area contributed by atoms with Crippen molar-refractivity contribution in [2.45, 2.75) is 25.9 Å². The third-order valence-electron chi connectivity index (χ3n) is 3.72. The minimum Gasteiger partial charge on any atom is -0.383 e. The molecule has 128 valence electrons. The van der Waals surface area contributed by atoms with Gasteiger partial charge < -0.3 is 15.0 Å². The van der Waals surface area contributed by atoms with E-state index in [4.69, 9.17) is 4.74 Å². The van der Waals surface area contributed by atoms with Crippen LogP contribution in [0.15, 0.2) is 48.9 Å². The van der Waals surface area contributed by atoms with Gasteiger partial charge in [0.25, 0.3) is 0 Å². The van der Waals surface area contributed by atoms with Gasteiger partial charge in [0.15, 0.2) is 0 Å². The zero-order valence-corrected chi connectivity index (χ0v) is 14.2. The molecule has 1 N–H and O–H groups in total. The number of hydrogen-bond acceptors (Lipinski definition) is 4. The summed E-state index contributed by atoms with van der Waals surface area (Å²) in [6, 6.07) is 9.33. The Morgan fingerprint density at radius 1 is 1.29 bits per heavy atom. The first kappa shape index (κ1) is 17.9. The molecule has 2 amide bonds. The molecule has 0 spiro atoms. The van der Waals surface area contributed by atoms with Crippen molar-refractivity contribution >= 4 is 6.03 Å². The van der Waals surface area contributed by atoms with E-state index in [0.29, 0.717) is 19.7 Å². The Balaban J connectivity index is 2.05. The molecule has 2 aromatic heterocycles. The molecule has 0 saturated carbocycles. The first-order chi connectivity index (χ1) is 11.7. The number of urea groups is 1. The van der Waals surface area contributed by atoms with Gasteiger partial charge in [0.2, 0.25) is 0 Å². The molecule has 0 aromatic carbocycles. The number of methoxy groups -OCH3 is 1. The van der Waals surface area contributed by atoms with Gasteiger partial charge in [0.1, 0.15) is 0 Å². The maximum atomic E-state index is 12.7. The van der Waals surface area contributed by atoms with E-state index in [9.17, 15) is 4.79 Å². The summed E-state index contributed by atoms with van der Waals surface area (Å²) in [5.41, 5.74) is 1.84. The van der Waals surface area contributed by atoms with Crippen LogP contribution < -0.4 is 5.32 Å². The molecule has 0 aliphatic rings. The topological polar surface area (TPSA) is 67.4 Å². The summed E-state index contributed by atoms with van der Waals surface area (Å²) in [6.45, 7) is 3.46. The SMILES string of the molecule is CC[C@@H](NC(=O)N(CCOC)Cc1ccccn1)c1cccnc1. The molecule has 2 rings (SSSR count). The van der Waals surface area contributed by atoms with Crippen LogP contribution in [0.5, 0.6) is 0 Å². The van der Waals surface area contributed by atoms with Gasteiger partial charge in [0.05, 0.1) is 24.9 Å². The van der Waals surface area contributed by atoms with Crippen LogP contribution >= 0.6 is 0 Å². The van der Waals surface area contributed by atoms with E-state index in [2.05, 4.69) is 15.3 Å². The van der Waals surface area contributed by atoms with Crippen molar-refractivity contribution in [1.29, 1.82) is 0 Å². The number of pyridine rings is 2. The zero-order valence-electron chi connectivity index (χ0n) is 14.2. The summed E-state index contributed by atoms with van der Waals surface area (Å²) in [4.78, 5) is 22.8. The Hall–Kier alpha value is -2.47. The van der Waals surface area contributed by atoms with E-state index in [0.717, 1.165) is 17.7 Å². The predicted octanol–water partition coefficient (Wildman–Crippen LogP) is 2.79. The number of ether oxygens (including phenoxy) is 1. The second-order valence-corrected chi connectivity index (χ2v) is 5.43. The normalized spacial score (nSPS) is 11.8. The molecule has 0 fully saturated rings. The molecular weight excluding hydrogens is 304 g/mol. The Kier molecular flexibility index (Phi) is 7.17. The average molecular weight is 328 g/mol. The molecule has 24 heavy (non-hydrogen) atoms. The highest BCUT2D eigenvalue weighted by atomic mass is 16.5.